The topological polar surface area (TPSA) is 28.2 Å². The summed E-state index contributed by atoms with van der Waals surface area (Å²) in [6.07, 6.45) is 3.24. The minimum Gasteiger partial charge on any atom is -0.353 e. The molecule has 3 atom stereocenters. The first kappa shape index (κ1) is 16.3. The lowest BCUT2D eigenvalue weighted by molar-refractivity contribution is 0.294. The molecule has 0 spiro atoms. The van der Waals surface area contributed by atoms with Crippen molar-refractivity contribution in [1.29, 1.82) is 0 Å². The van der Waals surface area contributed by atoms with Crippen LogP contribution in [0.5, 0.6) is 0 Å². The zero-order valence-corrected chi connectivity index (χ0v) is 14.5. The van der Waals surface area contributed by atoms with Crippen LogP contribution in [0.1, 0.15) is 53.5 Å². The van der Waals surface area contributed by atoms with Gasteiger partial charge in [0.1, 0.15) is 5.82 Å². The first-order chi connectivity index (χ1) is 9.78. The third-order valence-electron chi connectivity index (χ3n) is 4.55. The van der Waals surface area contributed by atoms with Crippen molar-refractivity contribution in [3.8, 4) is 0 Å². The molecule has 1 fully saturated rings. The maximum Gasteiger partial charge on any atom is 0.133 e. The van der Waals surface area contributed by atoms with Crippen molar-refractivity contribution in [3.63, 3.8) is 0 Å². The maximum absolute atomic E-state index is 4.71. The smallest absolute Gasteiger partial charge is 0.133 e. The van der Waals surface area contributed by atoms with Crippen LogP contribution in [0, 0.1) is 11.8 Å². The molecule has 0 aromatic carbocycles. The molecule has 0 aliphatic carbocycles. The van der Waals surface area contributed by atoms with Gasteiger partial charge in [-0.25, -0.2) is 4.98 Å². The molecule has 2 heterocycles. The number of rotatable bonds is 3. The third-order valence-corrected chi connectivity index (χ3v) is 4.55. The maximum atomic E-state index is 4.71. The highest BCUT2D eigenvalue weighted by molar-refractivity contribution is 5.48. The molecule has 118 valence electrons. The van der Waals surface area contributed by atoms with E-state index in [4.69, 9.17) is 4.98 Å². The van der Waals surface area contributed by atoms with Gasteiger partial charge in [-0.15, -0.1) is 0 Å². The highest BCUT2D eigenvalue weighted by Crippen LogP contribution is 2.31. The third kappa shape index (κ3) is 4.19. The predicted molar refractivity (Wildman–Crippen MR) is 90.6 cm³/mol. The van der Waals surface area contributed by atoms with E-state index in [1.807, 2.05) is 12.3 Å². The van der Waals surface area contributed by atoms with E-state index in [0.717, 1.165) is 24.9 Å². The monoisotopic (exact) mass is 289 g/mol. The quantitative estimate of drug-likeness (QED) is 0.916. The van der Waals surface area contributed by atoms with Crippen LogP contribution in [0.15, 0.2) is 18.3 Å². The summed E-state index contributed by atoms with van der Waals surface area (Å²) in [5, 5.41) is 3.59. The summed E-state index contributed by atoms with van der Waals surface area (Å²) >= 11 is 0. The van der Waals surface area contributed by atoms with Crippen LogP contribution in [0.3, 0.4) is 0 Å². The summed E-state index contributed by atoms with van der Waals surface area (Å²) in [7, 11) is 0. The molecule has 0 radical (unpaired) electrons. The molecular formula is C18H31N3. The molecule has 1 N–H and O–H groups in total. The fourth-order valence-corrected chi connectivity index (χ4v) is 3.18. The van der Waals surface area contributed by atoms with Crippen LogP contribution in [0.25, 0.3) is 0 Å². The van der Waals surface area contributed by atoms with Gasteiger partial charge in [0.25, 0.3) is 0 Å². The fraction of sp³-hybridized carbons (Fsp3) is 0.722. The van der Waals surface area contributed by atoms with E-state index in [9.17, 15) is 0 Å². The molecule has 1 saturated heterocycles. The summed E-state index contributed by atoms with van der Waals surface area (Å²) in [6, 6.07) is 4.81. The Hall–Kier alpha value is -1.09. The number of nitrogens with zero attached hydrogens (tertiary/aromatic N) is 2. The average molecular weight is 289 g/mol. The van der Waals surface area contributed by atoms with Gasteiger partial charge in [-0.2, -0.15) is 0 Å². The minimum atomic E-state index is 0.126. The van der Waals surface area contributed by atoms with Gasteiger partial charge >= 0.3 is 0 Å². The van der Waals surface area contributed by atoms with Gasteiger partial charge in [-0.1, -0.05) is 19.9 Å². The average Bonchev–Trinajstić information content (AvgIpc) is 2.40. The molecular weight excluding hydrogens is 258 g/mol. The highest BCUT2D eigenvalue weighted by atomic mass is 15.2. The van der Waals surface area contributed by atoms with Crippen LogP contribution >= 0.6 is 0 Å². The van der Waals surface area contributed by atoms with E-state index in [1.165, 1.54) is 17.8 Å². The largest absolute Gasteiger partial charge is 0.353 e. The number of nitrogens with one attached hydrogen (secondary N) is 1. The highest BCUT2D eigenvalue weighted by Gasteiger charge is 2.30. The Labute approximate surface area is 130 Å². The lowest BCUT2D eigenvalue weighted by Crippen LogP contribution is -2.47. The van der Waals surface area contributed by atoms with E-state index in [2.05, 4.69) is 57.8 Å². The fourth-order valence-electron chi connectivity index (χ4n) is 3.18. The molecule has 3 heteroatoms. The minimum absolute atomic E-state index is 0.126. The zero-order valence-electron chi connectivity index (χ0n) is 14.5. The van der Waals surface area contributed by atoms with Crippen LogP contribution < -0.4 is 10.2 Å². The van der Waals surface area contributed by atoms with E-state index in [0.29, 0.717) is 6.04 Å². The molecule has 1 aliphatic heterocycles. The zero-order chi connectivity index (χ0) is 15.6. The summed E-state index contributed by atoms with van der Waals surface area (Å²) in [5.74, 6) is 2.63. The van der Waals surface area contributed by atoms with E-state index in [-0.39, 0.29) is 5.54 Å². The van der Waals surface area contributed by atoms with Crippen molar-refractivity contribution in [2.45, 2.75) is 66.1 Å². The molecule has 2 rings (SSSR count). The molecule has 3 nitrogen and oxygen atoms in total. The van der Waals surface area contributed by atoms with E-state index >= 15 is 0 Å². The van der Waals surface area contributed by atoms with Crippen LogP contribution in [-0.4, -0.2) is 23.1 Å². The van der Waals surface area contributed by atoms with Crippen molar-refractivity contribution >= 4 is 5.82 Å². The Morgan fingerprint density at radius 1 is 1.29 bits per heavy atom. The van der Waals surface area contributed by atoms with Gasteiger partial charge in [-0.05, 0) is 52.0 Å². The Morgan fingerprint density at radius 2 is 2.00 bits per heavy atom. The molecule has 3 unspecified atom stereocenters. The van der Waals surface area contributed by atoms with Crippen molar-refractivity contribution in [3.05, 3.63) is 23.9 Å². The second-order valence-corrected chi connectivity index (χ2v) is 7.80. The number of anilines is 1. The Bertz CT molecular complexity index is 464. The van der Waals surface area contributed by atoms with Crippen molar-refractivity contribution in [2.75, 3.05) is 11.4 Å². The molecule has 0 amide bonds. The Kier molecular flexibility index (Phi) is 4.92. The summed E-state index contributed by atoms with van der Waals surface area (Å²) in [4.78, 5) is 7.22. The molecule has 0 bridgehead atoms. The standard InChI is InChI=1S/C18H31N3/c1-13-10-14(2)15(3)21(12-13)17-16(8-7-9-19-17)11-20-18(4,5)6/h7-9,13-15,20H,10-12H2,1-6H3. The van der Waals surface area contributed by atoms with Gasteiger partial charge < -0.3 is 10.2 Å². The second kappa shape index (κ2) is 6.35. The first-order valence-corrected chi connectivity index (χ1v) is 8.23. The normalized spacial score (nSPS) is 27.0. The Morgan fingerprint density at radius 3 is 2.67 bits per heavy atom. The molecule has 21 heavy (non-hydrogen) atoms. The van der Waals surface area contributed by atoms with Gasteiger partial charge in [0.15, 0.2) is 0 Å². The van der Waals surface area contributed by atoms with Gasteiger partial charge in [0, 0.05) is 36.4 Å². The van der Waals surface area contributed by atoms with Crippen LogP contribution in [-0.2, 0) is 6.54 Å². The van der Waals surface area contributed by atoms with Crippen LogP contribution in [0.4, 0.5) is 5.82 Å². The lowest BCUT2D eigenvalue weighted by Gasteiger charge is -2.42. The molecule has 0 saturated carbocycles. The first-order valence-electron chi connectivity index (χ1n) is 8.23. The van der Waals surface area contributed by atoms with Crippen LogP contribution in [0.2, 0.25) is 0 Å². The van der Waals surface area contributed by atoms with Crippen molar-refractivity contribution < 1.29 is 0 Å². The predicted octanol–water partition coefficient (Wildman–Crippen LogP) is 3.84. The Balaban J connectivity index is 2.22. The SMILES string of the molecule is CC1CC(C)C(C)N(c2ncccc2CNC(C)(C)C)C1. The van der Waals surface area contributed by atoms with E-state index in [1.54, 1.807) is 0 Å². The molecule has 1 aromatic heterocycles. The number of piperidine rings is 1. The number of hydrogen-bond donors (Lipinski definition) is 1. The summed E-state index contributed by atoms with van der Waals surface area (Å²) in [5.41, 5.74) is 1.43. The number of hydrogen-bond acceptors (Lipinski definition) is 3. The number of aromatic nitrogens is 1. The summed E-state index contributed by atoms with van der Waals surface area (Å²) < 4.78 is 0. The molecule has 1 aromatic rings. The molecule has 1 aliphatic rings. The second-order valence-electron chi connectivity index (χ2n) is 7.80. The van der Waals surface area contributed by atoms with Gasteiger partial charge in [-0.3, -0.25) is 0 Å². The summed E-state index contributed by atoms with van der Waals surface area (Å²) in [6.45, 7) is 15.7. The number of pyridine rings is 1. The van der Waals surface area contributed by atoms with Crippen molar-refractivity contribution in [1.82, 2.24) is 10.3 Å². The van der Waals surface area contributed by atoms with Gasteiger partial charge in [0.05, 0.1) is 0 Å². The lowest BCUT2D eigenvalue weighted by atomic mass is 9.86. The van der Waals surface area contributed by atoms with E-state index < -0.39 is 0 Å². The van der Waals surface area contributed by atoms with Gasteiger partial charge in [0.2, 0.25) is 0 Å². The van der Waals surface area contributed by atoms with Crippen molar-refractivity contribution in [2.24, 2.45) is 11.8 Å².